The maximum Gasteiger partial charge on any atom is 0.267 e. The number of carbonyl (C=O) groups excluding carboxylic acids is 1. The normalized spacial score (nSPS) is 17.3. The molecule has 0 radical (unpaired) electrons. The van der Waals surface area contributed by atoms with Crippen LogP contribution in [0.5, 0.6) is 0 Å². The third-order valence-electron chi connectivity index (χ3n) is 4.72. The summed E-state index contributed by atoms with van der Waals surface area (Å²) in [6.45, 7) is 2.26. The van der Waals surface area contributed by atoms with Crippen LogP contribution < -0.4 is 0 Å². The number of allylic oxidation sites excluding steroid dienone is 3. The summed E-state index contributed by atoms with van der Waals surface area (Å²) in [5, 5.41) is 9.08. The van der Waals surface area contributed by atoms with Gasteiger partial charge >= 0.3 is 0 Å². The van der Waals surface area contributed by atoms with Crippen LogP contribution in [0.3, 0.4) is 0 Å². The molecule has 0 spiro atoms. The van der Waals surface area contributed by atoms with E-state index in [4.69, 9.17) is 4.42 Å². The minimum absolute atomic E-state index is 0.125. The molecule has 0 N–H and O–H groups in total. The van der Waals surface area contributed by atoms with Gasteiger partial charge in [-0.1, -0.05) is 78.9 Å². The van der Waals surface area contributed by atoms with Gasteiger partial charge in [-0.05, 0) is 53.6 Å². The van der Waals surface area contributed by atoms with E-state index in [1.165, 1.54) is 11.8 Å². The van der Waals surface area contributed by atoms with Gasteiger partial charge in [-0.25, -0.2) is 0 Å². The van der Waals surface area contributed by atoms with Gasteiger partial charge in [0.2, 0.25) is 0 Å². The number of rotatable bonds is 7. The molecule has 1 fully saturated rings. The average molecular weight is 454 g/mol. The van der Waals surface area contributed by atoms with Crippen molar-refractivity contribution in [3.8, 4) is 0 Å². The summed E-state index contributed by atoms with van der Waals surface area (Å²) in [6.07, 6.45) is 10.9. The predicted octanol–water partition coefficient (Wildman–Crippen LogP) is 6.40. The minimum Gasteiger partial charge on any atom is -0.467 e. The first kappa shape index (κ1) is 22.3. The van der Waals surface area contributed by atoms with Gasteiger partial charge in [0, 0.05) is 0 Å². The zero-order valence-corrected chi connectivity index (χ0v) is 19.0. The summed E-state index contributed by atoms with van der Waals surface area (Å²) >= 11 is 1.30. The summed E-state index contributed by atoms with van der Waals surface area (Å²) in [7, 11) is 0. The molecule has 4 rings (SSSR count). The van der Waals surface area contributed by atoms with Crippen molar-refractivity contribution in [1.82, 2.24) is 4.90 Å². The van der Waals surface area contributed by atoms with Crippen LogP contribution in [0.4, 0.5) is 0 Å². The molecule has 0 aliphatic carbocycles. The lowest BCUT2D eigenvalue weighted by molar-refractivity contribution is -0.122. The Morgan fingerprint density at radius 1 is 1.00 bits per heavy atom. The molecule has 1 amide bonds. The molecule has 0 saturated carbocycles. The lowest BCUT2D eigenvalue weighted by atomic mass is 10.1. The highest BCUT2D eigenvalue weighted by Crippen LogP contribution is 2.32. The van der Waals surface area contributed by atoms with E-state index in [0.717, 1.165) is 16.7 Å². The van der Waals surface area contributed by atoms with Gasteiger partial charge < -0.3 is 4.42 Å². The highest BCUT2D eigenvalue weighted by Gasteiger charge is 2.33. The Morgan fingerprint density at radius 3 is 2.42 bits per heavy atom. The Labute approximate surface area is 197 Å². The smallest absolute Gasteiger partial charge is 0.267 e. The number of benzene rings is 2. The molecule has 0 bridgehead atoms. The Balaban J connectivity index is 1.53. The van der Waals surface area contributed by atoms with Gasteiger partial charge in [0.15, 0.2) is 5.17 Å². The highest BCUT2D eigenvalue weighted by atomic mass is 32.2. The summed E-state index contributed by atoms with van der Waals surface area (Å²) in [6, 6.07) is 23.6. The molecule has 2 aromatic carbocycles. The zero-order chi connectivity index (χ0) is 22.9. The van der Waals surface area contributed by atoms with Crippen LogP contribution in [-0.4, -0.2) is 22.2 Å². The zero-order valence-electron chi connectivity index (χ0n) is 18.2. The number of thioether (sulfide) groups is 1. The fourth-order valence-corrected chi connectivity index (χ4v) is 4.01. The summed E-state index contributed by atoms with van der Waals surface area (Å²) in [5.41, 5.74) is 3.12. The van der Waals surface area contributed by atoms with Gasteiger partial charge in [-0.15, -0.1) is 5.10 Å². The van der Waals surface area contributed by atoms with Crippen LogP contribution in [0.1, 0.15) is 23.8 Å². The second-order valence-corrected chi connectivity index (χ2v) is 8.31. The maximum atomic E-state index is 13.0. The van der Waals surface area contributed by atoms with Crippen LogP contribution in [0.15, 0.2) is 116 Å². The average Bonchev–Trinajstić information content (AvgIpc) is 3.45. The SMILES string of the molecule is CC(/C=N/N=C1\S/C(=C\C=C\c2ccccc2)C(=O)N1Cc1ccco1)=C\c1ccccc1. The van der Waals surface area contributed by atoms with E-state index in [9.17, 15) is 4.79 Å². The molecular weight excluding hydrogens is 430 g/mol. The quantitative estimate of drug-likeness (QED) is 0.236. The first-order valence-corrected chi connectivity index (χ1v) is 11.3. The van der Waals surface area contributed by atoms with Crippen molar-refractivity contribution in [3.05, 3.63) is 119 Å². The number of amidine groups is 1. The number of furan rings is 1. The molecule has 2 heterocycles. The van der Waals surface area contributed by atoms with Crippen molar-refractivity contribution in [3.63, 3.8) is 0 Å². The van der Waals surface area contributed by atoms with Crippen molar-refractivity contribution in [2.75, 3.05) is 0 Å². The first-order chi connectivity index (χ1) is 16.2. The van der Waals surface area contributed by atoms with Crippen LogP contribution in [0.25, 0.3) is 12.2 Å². The molecule has 1 aliphatic rings. The number of hydrogen-bond donors (Lipinski definition) is 0. The third-order valence-corrected chi connectivity index (χ3v) is 5.73. The van der Waals surface area contributed by atoms with Crippen LogP contribution >= 0.6 is 11.8 Å². The van der Waals surface area contributed by atoms with Crippen molar-refractivity contribution in [1.29, 1.82) is 0 Å². The van der Waals surface area contributed by atoms with E-state index in [0.29, 0.717) is 22.4 Å². The van der Waals surface area contributed by atoms with E-state index in [1.807, 2.05) is 98.0 Å². The number of nitrogens with zero attached hydrogens (tertiary/aromatic N) is 3. The molecule has 164 valence electrons. The Morgan fingerprint density at radius 2 is 1.73 bits per heavy atom. The minimum atomic E-state index is -0.125. The second kappa shape index (κ2) is 11.1. The topological polar surface area (TPSA) is 58.2 Å². The standard InChI is InChI=1S/C27H23N3O2S/c1-21(18-23-12-6-3-7-13-23)19-28-29-27-30(20-24-15-9-17-32-24)26(31)25(33-27)16-8-14-22-10-4-2-5-11-22/h2-19H,20H2,1H3/b14-8+,21-18+,25-16-,28-19+,29-27-. The van der Waals surface area contributed by atoms with E-state index >= 15 is 0 Å². The molecule has 1 aliphatic heterocycles. The highest BCUT2D eigenvalue weighted by molar-refractivity contribution is 8.18. The molecule has 33 heavy (non-hydrogen) atoms. The lowest BCUT2D eigenvalue weighted by Crippen LogP contribution is -2.28. The fourth-order valence-electron chi connectivity index (χ4n) is 3.12. The summed E-state index contributed by atoms with van der Waals surface area (Å²) in [5.74, 6) is 0.557. The molecule has 0 unspecified atom stereocenters. The lowest BCUT2D eigenvalue weighted by Gasteiger charge is -2.12. The van der Waals surface area contributed by atoms with Crippen LogP contribution in [0, 0.1) is 0 Å². The second-order valence-electron chi connectivity index (χ2n) is 7.30. The molecule has 3 aromatic rings. The fraction of sp³-hybridized carbons (Fsp3) is 0.0741. The predicted molar refractivity (Wildman–Crippen MR) is 136 cm³/mol. The Bertz CT molecular complexity index is 1220. The van der Waals surface area contributed by atoms with E-state index in [-0.39, 0.29) is 5.91 Å². The van der Waals surface area contributed by atoms with Crippen LogP contribution in [-0.2, 0) is 11.3 Å². The van der Waals surface area contributed by atoms with Gasteiger partial charge in [-0.2, -0.15) is 5.10 Å². The van der Waals surface area contributed by atoms with Crippen molar-refractivity contribution in [2.24, 2.45) is 10.2 Å². The molecule has 6 heteroatoms. The summed E-state index contributed by atoms with van der Waals surface area (Å²) in [4.78, 5) is 15.2. The maximum absolute atomic E-state index is 13.0. The Hall–Kier alpha value is -3.90. The van der Waals surface area contributed by atoms with Crippen LogP contribution in [0.2, 0.25) is 0 Å². The summed E-state index contributed by atoms with van der Waals surface area (Å²) < 4.78 is 5.44. The first-order valence-electron chi connectivity index (χ1n) is 10.5. The van der Waals surface area contributed by atoms with Gasteiger partial charge in [0.25, 0.3) is 5.91 Å². The van der Waals surface area contributed by atoms with Gasteiger partial charge in [0.1, 0.15) is 5.76 Å². The molecular formula is C27H23N3O2S. The van der Waals surface area contributed by atoms with Crippen molar-refractivity contribution < 1.29 is 9.21 Å². The molecule has 5 nitrogen and oxygen atoms in total. The largest absolute Gasteiger partial charge is 0.467 e. The molecule has 0 atom stereocenters. The molecule has 1 saturated heterocycles. The number of hydrogen-bond acceptors (Lipinski definition) is 5. The van der Waals surface area contributed by atoms with E-state index in [2.05, 4.69) is 10.2 Å². The van der Waals surface area contributed by atoms with E-state index in [1.54, 1.807) is 23.4 Å². The van der Waals surface area contributed by atoms with Crippen molar-refractivity contribution >= 4 is 41.2 Å². The van der Waals surface area contributed by atoms with Crippen molar-refractivity contribution in [2.45, 2.75) is 13.5 Å². The third kappa shape index (κ3) is 6.30. The van der Waals surface area contributed by atoms with E-state index < -0.39 is 0 Å². The monoisotopic (exact) mass is 453 g/mol. The molecule has 1 aromatic heterocycles. The number of carbonyl (C=O) groups is 1. The Kier molecular flexibility index (Phi) is 7.51. The van der Waals surface area contributed by atoms with Gasteiger partial charge in [-0.3, -0.25) is 9.69 Å². The number of amides is 1. The van der Waals surface area contributed by atoms with Gasteiger partial charge in [0.05, 0.1) is 23.9 Å².